The summed E-state index contributed by atoms with van der Waals surface area (Å²) in [5.41, 5.74) is 11.4. The molecule has 0 aliphatic rings. The van der Waals surface area contributed by atoms with E-state index in [1.165, 1.54) is 0 Å². The van der Waals surface area contributed by atoms with Gasteiger partial charge in [0.2, 0.25) is 17.7 Å². The molecule has 0 saturated heterocycles. The van der Waals surface area contributed by atoms with E-state index >= 15 is 0 Å². The van der Waals surface area contributed by atoms with Crippen molar-refractivity contribution in [2.45, 2.75) is 77.7 Å². The Morgan fingerprint density at radius 3 is 1.81 bits per heavy atom. The van der Waals surface area contributed by atoms with Gasteiger partial charge in [0.25, 0.3) is 0 Å². The molecule has 8 heteroatoms. The van der Waals surface area contributed by atoms with Gasteiger partial charge < -0.3 is 27.0 Å². The summed E-state index contributed by atoms with van der Waals surface area (Å²) in [6.45, 7) is 6.39. The van der Waals surface area contributed by atoms with Gasteiger partial charge in [0, 0.05) is 45.6 Å². The van der Waals surface area contributed by atoms with Crippen LogP contribution in [0.2, 0.25) is 0 Å². The lowest BCUT2D eigenvalue weighted by Crippen LogP contribution is -2.48. The van der Waals surface area contributed by atoms with Crippen LogP contribution in [0.1, 0.15) is 71.6 Å². The first-order valence-electron chi connectivity index (χ1n) is 12.0. The fourth-order valence-electron chi connectivity index (χ4n) is 3.00. The lowest BCUT2D eigenvalue weighted by atomic mass is 10.2. The standard InChI is InChI=1S/C24H45N5O3/c1-3-5-7-9-14-22(30)27-16-11-12-18-29(24(32)21(26)20-25)19-13-17-28-23(31)15-10-8-6-4-2/h5-8,21H,3-4,9-20,25-26H2,1-2H3,(H,27,30)(H,28,31)/t21-/m0/s1. The van der Waals surface area contributed by atoms with Gasteiger partial charge >= 0.3 is 0 Å². The lowest BCUT2D eigenvalue weighted by molar-refractivity contribution is -0.132. The Morgan fingerprint density at radius 1 is 0.812 bits per heavy atom. The quantitative estimate of drug-likeness (QED) is 0.176. The summed E-state index contributed by atoms with van der Waals surface area (Å²) in [6.07, 6.45) is 14.7. The number of amides is 3. The highest BCUT2D eigenvalue weighted by atomic mass is 16.2. The van der Waals surface area contributed by atoms with Gasteiger partial charge in [-0.15, -0.1) is 0 Å². The molecule has 6 N–H and O–H groups in total. The first-order valence-corrected chi connectivity index (χ1v) is 12.0. The molecule has 0 spiro atoms. The molecule has 0 heterocycles. The van der Waals surface area contributed by atoms with Crippen LogP contribution in [0.4, 0.5) is 0 Å². The summed E-state index contributed by atoms with van der Waals surface area (Å²) < 4.78 is 0. The number of hydrogen-bond donors (Lipinski definition) is 4. The lowest BCUT2D eigenvalue weighted by Gasteiger charge is -2.25. The van der Waals surface area contributed by atoms with Gasteiger partial charge in [-0.05, 0) is 44.9 Å². The number of unbranched alkanes of at least 4 members (excludes halogenated alkanes) is 1. The molecular weight excluding hydrogens is 406 g/mol. The highest BCUT2D eigenvalue weighted by Gasteiger charge is 2.19. The molecule has 32 heavy (non-hydrogen) atoms. The van der Waals surface area contributed by atoms with Crippen molar-refractivity contribution in [3.63, 3.8) is 0 Å². The number of allylic oxidation sites excluding steroid dienone is 4. The van der Waals surface area contributed by atoms with Crippen molar-refractivity contribution >= 4 is 17.7 Å². The normalized spacial score (nSPS) is 12.2. The second-order valence-electron chi connectivity index (χ2n) is 7.76. The monoisotopic (exact) mass is 451 g/mol. The van der Waals surface area contributed by atoms with E-state index in [0.29, 0.717) is 45.4 Å². The molecule has 0 aliphatic heterocycles. The molecule has 0 saturated carbocycles. The molecule has 0 unspecified atom stereocenters. The highest BCUT2D eigenvalue weighted by Crippen LogP contribution is 2.01. The van der Waals surface area contributed by atoms with Crippen LogP contribution in [0.25, 0.3) is 0 Å². The van der Waals surface area contributed by atoms with Gasteiger partial charge in [-0.2, -0.15) is 0 Å². The predicted molar refractivity (Wildman–Crippen MR) is 131 cm³/mol. The van der Waals surface area contributed by atoms with E-state index in [1.807, 2.05) is 18.2 Å². The Labute approximate surface area is 194 Å². The van der Waals surface area contributed by atoms with Gasteiger partial charge in [-0.3, -0.25) is 14.4 Å². The molecule has 0 aromatic heterocycles. The van der Waals surface area contributed by atoms with Crippen LogP contribution in [0.15, 0.2) is 24.3 Å². The minimum Gasteiger partial charge on any atom is -0.356 e. The van der Waals surface area contributed by atoms with Crippen LogP contribution in [0.3, 0.4) is 0 Å². The Bertz CT molecular complexity index is 578. The average molecular weight is 452 g/mol. The minimum absolute atomic E-state index is 0.0169. The number of hydrogen-bond acceptors (Lipinski definition) is 5. The van der Waals surface area contributed by atoms with Crippen molar-refractivity contribution in [1.29, 1.82) is 0 Å². The molecule has 0 rings (SSSR count). The number of rotatable bonds is 19. The fraction of sp³-hybridized carbons (Fsp3) is 0.708. The Morgan fingerprint density at radius 2 is 1.31 bits per heavy atom. The van der Waals surface area contributed by atoms with Crippen LogP contribution in [0, 0.1) is 0 Å². The van der Waals surface area contributed by atoms with Crippen LogP contribution >= 0.6 is 0 Å². The topological polar surface area (TPSA) is 131 Å². The van der Waals surface area contributed by atoms with Crippen molar-refractivity contribution in [3.8, 4) is 0 Å². The largest absolute Gasteiger partial charge is 0.356 e. The third-order valence-corrected chi connectivity index (χ3v) is 4.87. The molecular formula is C24H45N5O3. The molecule has 0 bridgehead atoms. The van der Waals surface area contributed by atoms with E-state index in [-0.39, 0.29) is 24.3 Å². The van der Waals surface area contributed by atoms with Crippen LogP contribution in [0.5, 0.6) is 0 Å². The van der Waals surface area contributed by atoms with Crippen molar-refractivity contribution < 1.29 is 14.4 Å². The Kier molecular flexibility index (Phi) is 19.3. The zero-order chi connectivity index (χ0) is 24.0. The summed E-state index contributed by atoms with van der Waals surface area (Å²) >= 11 is 0. The molecule has 0 aromatic carbocycles. The number of carbonyl (C=O) groups is 3. The first kappa shape index (κ1) is 29.8. The average Bonchev–Trinajstić information content (AvgIpc) is 2.79. The van der Waals surface area contributed by atoms with Crippen molar-refractivity contribution in [3.05, 3.63) is 24.3 Å². The van der Waals surface area contributed by atoms with Crippen molar-refractivity contribution in [2.75, 3.05) is 32.7 Å². The van der Waals surface area contributed by atoms with Gasteiger partial charge in [0.1, 0.15) is 0 Å². The van der Waals surface area contributed by atoms with Gasteiger partial charge in [-0.1, -0.05) is 38.2 Å². The molecule has 0 aromatic rings. The van der Waals surface area contributed by atoms with Gasteiger partial charge in [-0.25, -0.2) is 0 Å². The number of nitrogens with zero attached hydrogens (tertiary/aromatic N) is 1. The van der Waals surface area contributed by atoms with Gasteiger partial charge in [0.15, 0.2) is 0 Å². The highest BCUT2D eigenvalue weighted by molar-refractivity contribution is 5.82. The minimum atomic E-state index is -0.717. The Hall–Kier alpha value is -2.19. The van der Waals surface area contributed by atoms with Crippen LogP contribution in [-0.2, 0) is 14.4 Å². The first-order chi connectivity index (χ1) is 15.5. The van der Waals surface area contributed by atoms with E-state index in [4.69, 9.17) is 11.5 Å². The SMILES string of the molecule is CCC=CCCC(=O)NCCCCN(CCCNC(=O)CCC=CCC)C(=O)[C@@H](N)CN. The summed E-state index contributed by atoms with van der Waals surface area (Å²) in [6, 6.07) is -0.717. The maximum atomic E-state index is 12.5. The summed E-state index contributed by atoms with van der Waals surface area (Å²) in [4.78, 5) is 37.8. The van der Waals surface area contributed by atoms with Crippen LogP contribution < -0.4 is 22.1 Å². The number of carbonyl (C=O) groups excluding carboxylic acids is 3. The van der Waals surface area contributed by atoms with Crippen LogP contribution in [-0.4, -0.2) is 61.4 Å². The van der Waals surface area contributed by atoms with E-state index < -0.39 is 6.04 Å². The molecule has 1 atom stereocenters. The van der Waals surface area contributed by atoms with E-state index in [0.717, 1.165) is 38.5 Å². The van der Waals surface area contributed by atoms with Crippen molar-refractivity contribution in [1.82, 2.24) is 15.5 Å². The second-order valence-corrected chi connectivity index (χ2v) is 7.76. The summed E-state index contributed by atoms with van der Waals surface area (Å²) in [5, 5.41) is 5.80. The summed E-state index contributed by atoms with van der Waals surface area (Å²) in [5.74, 6) is -0.108. The Balaban J connectivity index is 4.21. The maximum absolute atomic E-state index is 12.5. The smallest absolute Gasteiger partial charge is 0.240 e. The third kappa shape index (κ3) is 16.5. The third-order valence-electron chi connectivity index (χ3n) is 4.87. The van der Waals surface area contributed by atoms with Gasteiger partial charge in [0.05, 0.1) is 6.04 Å². The predicted octanol–water partition coefficient (Wildman–Crippen LogP) is 2.00. The molecule has 0 fully saturated rings. The fourth-order valence-corrected chi connectivity index (χ4v) is 3.00. The molecule has 3 amide bonds. The van der Waals surface area contributed by atoms with Crippen molar-refractivity contribution in [2.24, 2.45) is 11.5 Å². The molecule has 184 valence electrons. The van der Waals surface area contributed by atoms with E-state index in [1.54, 1.807) is 4.90 Å². The second kappa shape index (κ2) is 20.7. The zero-order valence-electron chi connectivity index (χ0n) is 20.1. The number of nitrogens with two attached hydrogens (primary N) is 2. The summed E-state index contributed by atoms with van der Waals surface area (Å²) in [7, 11) is 0. The molecule has 8 nitrogen and oxygen atoms in total. The maximum Gasteiger partial charge on any atom is 0.240 e. The molecule has 0 aliphatic carbocycles. The van der Waals surface area contributed by atoms with E-state index in [2.05, 4.69) is 30.6 Å². The zero-order valence-corrected chi connectivity index (χ0v) is 20.1. The number of nitrogens with one attached hydrogen (secondary N) is 2. The molecule has 0 radical (unpaired) electrons. The van der Waals surface area contributed by atoms with E-state index in [9.17, 15) is 14.4 Å².